The van der Waals surface area contributed by atoms with Crippen LogP contribution in [0.3, 0.4) is 0 Å². The smallest absolute Gasteiger partial charge is 0.137 e. The second-order valence-corrected chi connectivity index (χ2v) is 3.08. The van der Waals surface area contributed by atoms with Gasteiger partial charge in [-0.3, -0.25) is 0 Å². The molecule has 0 bridgehead atoms. The average Bonchev–Trinajstić information content (AvgIpc) is 2.16. The maximum Gasteiger partial charge on any atom is 0.137 e. The van der Waals surface area contributed by atoms with E-state index in [0.717, 1.165) is 0 Å². The standard InChI is InChI=1S/C8H6Cl2N4/c9-7-3-5-12-8(10)6(7)2-1-4-13-14-11/h1-3,5H,4H2. The molecule has 0 aromatic carbocycles. The van der Waals surface area contributed by atoms with E-state index in [4.69, 9.17) is 28.7 Å². The molecule has 0 saturated carbocycles. The highest BCUT2D eigenvalue weighted by Crippen LogP contribution is 2.22. The van der Waals surface area contributed by atoms with Gasteiger partial charge in [-0.15, -0.1) is 0 Å². The molecule has 0 saturated heterocycles. The molecule has 0 spiro atoms. The summed E-state index contributed by atoms with van der Waals surface area (Å²) < 4.78 is 0. The van der Waals surface area contributed by atoms with Gasteiger partial charge in [0.05, 0.1) is 5.02 Å². The van der Waals surface area contributed by atoms with E-state index in [1.807, 2.05) is 0 Å². The van der Waals surface area contributed by atoms with Crippen LogP contribution in [0, 0.1) is 0 Å². The molecule has 0 atom stereocenters. The zero-order valence-corrected chi connectivity index (χ0v) is 8.57. The van der Waals surface area contributed by atoms with Crippen LogP contribution in [0.1, 0.15) is 5.56 Å². The zero-order valence-electron chi connectivity index (χ0n) is 7.06. The normalized spacial score (nSPS) is 10.1. The van der Waals surface area contributed by atoms with Gasteiger partial charge < -0.3 is 0 Å². The molecular weight excluding hydrogens is 223 g/mol. The maximum atomic E-state index is 8.03. The van der Waals surface area contributed by atoms with Gasteiger partial charge in [0.1, 0.15) is 5.15 Å². The van der Waals surface area contributed by atoms with Crippen molar-refractivity contribution in [2.24, 2.45) is 5.11 Å². The summed E-state index contributed by atoms with van der Waals surface area (Å²) in [5.41, 5.74) is 8.66. The number of nitrogens with zero attached hydrogens (tertiary/aromatic N) is 4. The fourth-order valence-electron chi connectivity index (χ4n) is 0.829. The summed E-state index contributed by atoms with van der Waals surface area (Å²) in [5, 5.41) is 4.18. The van der Waals surface area contributed by atoms with Crippen molar-refractivity contribution in [1.29, 1.82) is 0 Å². The Morgan fingerprint density at radius 2 is 2.36 bits per heavy atom. The van der Waals surface area contributed by atoms with Crippen LogP contribution in [0.25, 0.3) is 16.5 Å². The third-order valence-electron chi connectivity index (χ3n) is 1.42. The highest BCUT2D eigenvalue weighted by molar-refractivity contribution is 6.36. The molecule has 72 valence electrons. The van der Waals surface area contributed by atoms with Gasteiger partial charge in [-0.05, 0) is 11.6 Å². The van der Waals surface area contributed by atoms with Gasteiger partial charge in [0.25, 0.3) is 0 Å². The van der Waals surface area contributed by atoms with Gasteiger partial charge in [-0.25, -0.2) is 4.98 Å². The minimum atomic E-state index is 0.262. The van der Waals surface area contributed by atoms with E-state index < -0.39 is 0 Å². The largest absolute Gasteiger partial charge is 0.244 e. The fourth-order valence-corrected chi connectivity index (χ4v) is 1.31. The summed E-state index contributed by atoms with van der Waals surface area (Å²) in [7, 11) is 0. The maximum absolute atomic E-state index is 8.03. The van der Waals surface area contributed by atoms with Gasteiger partial charge in [-0.2, -0.15) is 0 Å². The molecule has 14 heavy (non-hydrogen) atoms. The van der Waals surface area contributed by atoms with E-state index in [1.165, 1.54) is 6.20 Å². The molecule has 1 heterocycles. The van der Waals surface area contributed by atoms with Crippen molar-refractivity contribution >= 4 is 29.3 Å². The van der Waals surface area contributed by atoms with Crippen molar-refractivity contribution in [3.63, 3.8) is 0 Å². The van der Waals surface area contributed by atoms with Crippen LogP contribution in [-0.4, -0.2) is 11.5 Å². The number of aromatic nitrogens is 1. The van der Waals surface area contributed by atoms with Crippen LogP contribution in [0.5, 0.6) is 0 Å². The quantitative estimate of drug-likeness (QED) is 0.337. The lowest BCUT2D eigenvalue weighted by atomic mass is 10.2. The lowest BCUT2D eigenvalue weighted by Gasteiger charge is -1.98. The van der Waals surface area contributed by atoms with Gasteiger partial charge in [-0.1, -0.05) is 40.5 Å². The van der Waals surface area contributed by atoms with Crippen LogP contribution in [0.4, 0.5) is 0 Å². The summed E-state index contributed by atoms with van der Waals surface area (Å²) in [6, 6.07) is 1.64. The Balaban J connectivity index is 2.85. The number of azide groups is 1. The Kier molecular flexibility index (Phi) is 4.26. The van der Waals surface area contributed by atoms with Crippen LogP contribution < -0.4 is 0 Å². The molecule has 0 amide bonds. The molecule has 0 aliphatic heterocycles. The SMILES string of the molecule is [N-]=[N+]=NCC=Cc1c(Cl)ccnc1Cl. The molecule has 0 unspecified atom stereocenters. The van der Waals surface area contributed by atoms with Gasteiger partial charge in [0, 0.05) is 23.2 Å². The van der Waals surface area contributed by atoms with E-state index in [1.54, 1.807) is 18.2 Å². The molecule has 1 aromatic heterocycles. The number of pyridine rings is 1. The Hall–Kier alpha value is -1.22. The number of hydrogen-bond acceptors (Lipinski definition) is 2. The van der Waals surface area contributed by atoms with Crippen molar-refractivity contribution in [1.82, 2.24) is 4.98 Å². The first-order valence-corrected chi connectivity index (χ1v) is 4.48. The lowest BCUT2D eigenvalue weighted by Crippen LogP contribution is -1.82. The minimum Gasteiger partial charge on any atom is -0.244 e. The van der Waals surface area contributed by atoms with Crippen molar-refractivity contribution in [2.75, 3.05) is 6.54 Å². The number of halogens is 2. The van der Waals surface area contributed by atoms with Crippen LogP contribution in [0.2, 0.25) is 10.2 Å². The van der Waals surface area contributed by atoms with E-state index >= 15 is 0 Å². The number of hydrogen-bond donors (Lipinski definition) is 0. The van der Waals surface area contributed by atoms with Crippen LogP contribution in [0.15, 0.2) is 23.5 Å². The van der Waals surface area contributed by atoms with Crippen molar-refractivity contribution in [3.05, 3.63) is 44.5 Å². The monoisotopic (exact) mass is 228 g/mol. The average molecular weight is 229 g/mol. The first-order valence-electron chi connectivity index (χ1n) is 3.73. The minimum absolute atomic E-state index is 0.262. The molecule has 6 heteroatoms. The van der Waals surface area contributed by atoms with Gasteiger partial charge >= 0.3 is 0 Å². The Morgan fingerprint density at radius 1 is 1.57 bits per heavy atom. The van der Waals surface area contributed by atoms with Crippen LogP contribution >= 0.6 is 23.2 Å². The molecule has 0 radical (unpaired) electrons. The molecule has 1 rings (SSSR count). The fraction of sp³-hybridized carbons (Fsp3) is 0.125. The Morgan fingerprint density at radius 3 is 3.00 bits per heavy atom. The molecule has 0 aliphatic carbocycles. The van der Waals surface area contributed by atoms with E-state index in [9.17, 15) is 0 Å². The third-order valence-corrected chi connectivity index (χ3v) is 2.05. The summed E-state index contributed by atoms with van der Waals surface area (Å²) in [6.07, 6.45) is 4.86. The summed E-state index contributed by atoms with van der Waals surface area (Å²) >= 11 is 11.7. The third kappa shape index (κ3) is 2.92. The molecule has 0 fully saturated rings. The predicted octanol–water partition coefficient (Wildman–Crippen LogP) is 3.71. The molecule has 4 nitrogen and oxygen atoms in total. The van der Waals surface area contributed by atoms with E-state index in [0.29, 0.717) is 15.7 Å². The van der Waals surface area contributed by atoms with Crippen LogP contribution in [-0.2, 0) is 0 Å². The van der Waals surface area contributed by atoms with Crippen molar-refractivity contribution < 1.29 is 0 Å². The zero-order chi connectivity index (χ0) is 10.4. The summed E-state index contributed by atoms with van der Waals surface area (Å²) in [6.45, 7) is 0.262. The van der Waals surface area contributed by atoms with Crippen molar-refractivity contribution in [3.8, 4) is 0 Å². The first kappa shape index (κ1) is 10.9. The Bertz CT molecular complexity index is 376. The lowest BCUT2D eigenvalue weighted by molar-refractivity contribution is 1.22. The highest BCUT2D eigenvalue weighted by Gasteiger charge is 2.01. The van der Waals surface area contributed by atoms with Gasteiger partial charge in [0.15, 0.2) is 0 Å². The summed E-state index contributed by atoms with van der Waals surface area (Å²) in [4.78, 5) is 6.47. The molecule has 1 aromatic rings. The van der Waals surface area contributed by atoms with E-state index in [-0.39, 0.29) is 6.54 Å². The van der Waals surface area contributed by atoms with E-state index in [2.05, 4.69) is 15.0 Å². The molecular formula is C8H6Cl2N4. The topological polar surface area (TPSA) is 61.7 Å². The second kappa shape index (κ2) is 5.50. The first-order chi connectivity index (χ1) is 6.75. The Labute approximate surface area is 90.8 Å². The van der Waals surface area contributed by atoms with Gasteiger partial charge in [0.2, 0.25) is 0 Å². The second-order valence-electron chi connectivity index (χ2n) is 2.31. The predicted molar refractivity (Wildman–Crippen MR) is 57.3 cm³/mol. The molecule has 0 aliphatic rings. The number of rotatable bonds is 3. The molecule has 0 N–H and O–H groups in total. The summed E-state index contributed by atoms with van der Waals surface area (Å²) in [5.74, 6) is 0. The highest BCUT2D eigenvalue weighted by atomic mass is 35.5. The van der Waals surface area contributed by atoms with Crippen molar-refractivity contribution in [2.45, 2.75) is 0 Å².